The van der Waals surface area contributed by atoms with Gasteiger partial charge in [0.05, 0.1) is 18.4 Å². The highest BCUT2D eigenvalue weighted by Gasteiger charge is 2.37. The van der Waals surface area contributed by atoms with E-state index in [1.54, 1.807) is 23.5 Å². The molecule has 3 heterocycles. The van der Waals surface area contributed by atoms with E-state index in [1.165, 1.54) is 0 Å². The molecule has 0 radical (unpaired) electrons. The summed E-state index contributed by atoms with van der Waals surface area (Å²) in [5, 5.41) is 3.34. The van der Waals surface area contributed by atoms with Gasteiger partial charge in [-0.3, -0.25) is 9.88 Å². The van der Waals surface area contributed by atoms with Crippen LogP contribution in [0.4, 0.5) is 20.3 Å². The largest absolute Gasteiger partial charge is 0.358 e. The molecule has 1 aliphatic heterocycles. The molecule has 42 heavy (non-hydrogen) atoms. The Morgan fingerprint density at radius 1 is 1.00 bits per heavy atom. The lowest BCUT2D eigenvalue weighted by Crippen LogP contribution is -2.28. The van der Waals surface area contributed by atoms with E-state index in [4.69, 9.17) is 0 Å². The summed E-state index contributed by atoms with van der Waals surface area (Å²) in [5.74, 6) is -1.70. The molecule has 2 aromatic heterocycles. The third-order valence-electron chi connectivity index (χ3n) is 7.03. The molecule has 0 atom stereocenters. The number of anilines is 2. The maximum absolute atomic E-state index is 13.6. The van der Waals surface area contributed by atoms with Crippen molar-refractivity contribution in [3.05, 3.63) is 90.5 Å². The van der Waals surface area contributed by atoms with Gasteiger partial charge in [-0.2, -0.15) is 0 Å². The average molecular weight is 579 g/mol. The van der Waals surface area contributed by atoms with Gasteiger partial charge in [0, 0.05) is 63.3 Å². The second kappa shape index (κ2) is 15.6. The van der Waals surface area contributed by atoms with Crippen molar-refractivity contribution in [1.82, 2.24) is 19.8 Å². The van der Waals surface area contributed by atoms with Crippen molar-refractivity contribution < 1.29 is 8.78 Å². The molecule has 1 saturated heterocycles. The summed E-state index contributed by atoms with van der Waals surface area (Å²) in [6.45, 7) is 17.1. The minimum atomic E-state index is -2.60. The van der Waals surface area contributed by atoms with E-state index in [0.717, 1.165) is 58.0 Å². The van der Waals surface area contributed by atoms with Crippen LogP contribution in [0.25, 0.3) is 16.7 Å². The van der Waals surface area contributed by atoms with E-state index in [1.807, 2.05) is 52.1 Å². The third kappa shape index (κ3) is 9.46. The van der Waals surface area contributed by atoms with Crippen molar-refractivity contribution in [2.24, 2.45) is 0 Å². The van der Waals surface area contributed by atoms with Crippen LogP contribution in [0.2, 0.25) is 0 Å². The lowest BCUT2D eigenvalue weighted by molar-refractivity contribution is 0.0115. The highest BCUT2D eigenvalue weighted by atomic mass is 19.3. The zero-order valence-corrected chi connectivity index (χ0v) is 25.3. The topological polar surface area (TPSA) is 47.5 Å². The van der Waals surface area contributed by atoms with Gasteiger partial charge in [-0.05, 0) is 73.1 Å². The average Bonchev–Trinajstić information content (AvgIpc) is 3.30. The van der Waals surface area contributed by atoms with E-state index >= 15 is 0 Å². The van der Waals surface area contributed by atoms with Gasteiger partial charge in [0.1, 0.15) is 5.82 Å². The highest BCUT2D eigenvalue weighted by molar-refractivity contribution is 5.84. The minimum absolute atomic E-state index is 0. The van der Waals surface area contributed by atoms with Crippen LogP contribution in [0.1, 0.15) is 44.4 Å². The fraction of sp³-hybridized carbons (Fsp3) is 0.412. The number of halogens is 2. The van der Waals surface area contributed by atoms with E-state index in [9.17, 15) is 8.78 Å². The first-order valence-corrected chi connectivity index (χ1v) is 14.1. The minimum Gasteiger partial charge on any atom is -0.358 e. The molecule has 1 N–H and O–H groups in total. The molecule has 0 saturated carbocycles. The van der Waals surface area contributed by atoms with Crippen LogP contribution in [-0.2, 0) is 6.54 Å². The van der Waals surface area contributed by atoms with Gasteiger partial charge in [-0.15, -0.1) is 0 Å². The van der Waals surface area contributed by atoms with Crippen LogP contribution in [0.5, 0.6) is 0 Å². The van der Waals surface area contributed by atoms with Gasteiger partial charge in [0.2, 0.25) is 0 Å². The number of hydrogen-bond donors (Lipinski definition) is 1. The second-order valence-corrected chi connectivity index (χ2v) is 10.6. The van der Waals surface area contributed by atoms with Crippen molar-refractivity contribution in [1.29, 1.82) is 0 Å². The van der Waals surface area contributed by atoms with Crippen LogP contribution in [-0.4, -0.2) is 73.0 Å². The number of aryl methyl sites for hydroxylation is 1. The van der Waals surface area contributed by atoms with Gasteiger partial charge >= 0.3 is 0 Å². The first-order valence-electron chi connectivity index (χ1n) is 14.1. The fourth-order valence-corrected chi connectivity index (χ4v) is 4.62. The van der Waals surface area contributed by atoms with Crippen molar-refractivity contribution >= 4 is 17.1 Å². The molecule has 1 aliphatic rings. The standard InChI is InChI=1S/C31H38F2N6.C2H6.CH4/c1-22-7-8-26(27-15-25(17-34-18-27)20-39-12-11-31(32,33)21-39)16-29(22)23(2)24(3)36-28-9-10-30(35-19-28)38(6)14-13-37(4)5;1-2;/h7-10,15-19,36H,2-3,11-14,20-21H2,1,4-6H3;1-2H3;1H4. The van der Waals surface area contributed by atoms with E-state index < -0.39 is 5.92 Å². The highest BCUT2D eigenvalue weighted by Crippen LogP contribution is 2.31. The Morgan fingerprint density at radius 3 is 2.36 bits per heavy atom. The maximum Gasteiger partial charge on any atom is 0.261 e. The summed E-state index contributed by atoms with van der Waals surface area (Å²) in [6, 6.07) is 12.2. The Kier molecular flexibility index (Phi) is 12.8. The molecule has 228 valence electrons. The molecule has 0 amide bonds. The first-order chi connectivity index (χ1) is 19.5. The molecule has 0 aliphatic carbocycles. The Bertz CT molecular complexity index is 1320. The number of likely N-dealkylation sites (N-methyl/N-ethyl adjacent to an activating group) is 2. The zero-order chi connectivity index (χ0) is 30.2. The predicted molar refractivity (Wildman–Crippen MR) is 175 cm³/mol. The Hall–Kier alpha value is -3.62. The van der Waals surface area contributed by atoms with Crippen molar-refractivity contribution in [2.75, 3.05) is 57.5 Å². The number of nitrogens with one attached hydrogen (secondary N) is 1. The molecule has 1 fully saturated rings. The Morgan fingerprint density at radius 2 is 1.74 bits per heavy atom. The number of nitrogens with zero attached hydrogens (tertiary/aromatic N) is 5. The van der Waals surface area contributed by atoms with Crippen LogP contribution in [0.3, 0.4) is 0 Å². The van der Waals surface area contributed by atoms with Crippen molar-refractivity contribution in [3.8, 4) is 11.1 Å². The number of alkyl halides is 2. The van der Waals surface area contributed by atoms with E-state index in [-0.39, 0.29) is 20.4 Å². The van der Waals surface area contributed by atoms with Crippen molar-refractivity contribution in [2.45, 2.75) is 47.1 Å². The molecular weight excluding hydrogens is 530 g/mol. The molecule has 0 bridgehead atoms. The first kappa shape index (κ1) is 34.6. The number of allylic oxidation sites excluding steroid dienone is 1. The number of pyridine rings is 2. The predicted octanol–water partition coefficient (Wildman–Crippen LogP) is 7.59. The molecule has 8 heteroatoms. The quantitative estimate of drug-likeness (QED) is 0.237. The lowest BCUT2D eigenvalue weighted by Gasteiger charge is -2.21. The van der Waals surface area contributed by atoms with Crippen LogP contribution in [0, 0.1) is 6.92 Å². The summed E-state index contributed by atoms with van der Waals surface area (Å²) in [6.07, 6.45) is 5.26. The number of rotatable bonds is 11. The summed E-state index contributed by atoms with van der Waals surface area (Å²) in [7, 11) is 6.14. The number of hydrogen-bond acceptors (Lipinski definition) is 6. The fourth-order valence-electron chi connectivity index (χ4n) is 4.62. The molecular formula is C34H48F2N6. The third-order valence-corrected chi connectivity index (χ3v) is 7.03. The van der Waals surface area contributed by atoms with Gasteiger partial charge in [0.25, 0.3) is 5.92 Å². The van der Waals surface area contributed by atoms with Crippen molar-refractivity contribution in [3.63, 3.8) is 0 Å². The normalized spacial score (nSPS) is 14.0. The van der Waals surface area contributed by atoms with E-state index in [2.05, 4.69) is 64.5 Å². The molecule has 3 aromatic rings. The molecule has 6 nitrogen and oxygen atoms in total. The summed E-state index contributed by atoms with van der Waals surface area (Å²) in [5.41, 5.74) is 7.19. The van der Waals surface area contributed by atoms with Crippen LogP contribution < -0.4 is 10.2 Å². The molecule has 0 unspecified atom stereocenters. The summed E-state index contributed by atoms with van der Waals surface area (Å²) in [4.78, 5) is 15.0. The van der Waals surface area contributed by atoms with Gasteiger partial charge < -0.3 is 15.1 Å². The molecule has 1 aromatic carbocycles. The SMILES string of the molecule is C.C=C(Nc1ccc(N(C)CCN(C)C)nc1)C(=C)c1cc(-c2cncc(CN3CCC(F)(F)C3)c2)ccc1C.CC. The molecule has 4 rings (SSSR count). The number of benzene rings is 1. The van der Waals surface area contributed by atoms with E-state index in [0.29, 0.717) is 18.8 Å². The van der Waals surface area contributed by atoms with Crippen LogP contribution >= 0.6 is 0 Å². The second-order valence-electron chi connectivity index (χ2n) is 10.6. The Balaban J connectivity index is 0.00000201. The smallest absolute Gasteiger partial charge is 0.261 e. The Labute approximate surface area is 251 Å². The number of aromatic nitrogens is 2. The molecule has 0 spiro atoms. The van der Waals surface area contributed by atoms with Crippen LogP contribution in [0.15, 0.2) is 73.8 Å². The summed E-state index contributed by atoms with van der Waals surface area (Å²) < 4.78 is 27.2. The van der Waals surface area contributed by atoms with Gasteiger partial charge in [0.15, 0.2) is 0 Å². The van der Waals surface area contributed by atoms with Gasteiger partial charge in [-0.25, -0.2) is 13.8 Å². The zero-order valence-electron chi connectivity index (χ0n) is 25.3. The van der Waals surface area contributed by atoms with Gasteiger partial charge in [-0.1, -0.05) is 46.6 Å². The maximum atomic E-state index is 13.6. The monoisotopic (exact) mass is 578 g/mol. The lowest BCUT2D eigenvalue weighted by atomic mass is 9.94. The number of likely N-dealkylation sites (tertiary alicyclic amines) is 1. The summed E-state index contributed by atoms with van der Waals surface area (Å²) >= 11 is 0.